The van der Waals surface area contributed by atoms with Gasteiger partial charge in [0.1, 0.15) is 0 Å². The molecular weight excluding hydrogens is 402 g/mol. The van der Waals surface area contributed by atoms with E-state index in [0.29, 0.717) is 10.2 Å². The number of para-hydroxylation sites is 1. The molecule has 0 aliphatic carbocycles. The maximum atomic E-state index is 12.4. The van der Waals surface area contributed by atoms with Crippen LogP contribution in [0.2, 0.25) is 5.02 Å². The Bertz CT molecular complexity index is 914. The van der Waals surface area contributed by atoms with Gasteiger partial charge in [-0.15, -0.1) is 5.10 Å². The van der Waals surface area contributed by atoms with Gasteiger partial charge in [0.25, 0.3) is 0 Å². The highest BCUT2D eigenvalue weighted by Crippen LogP contribution is 2.34. The van der Waals surface area contributed by atoms with E-state index in [-0.39, 0.29) is 17.7 Å². The third kappa shape index (κ3) is 5.47. The third-order valence-corrected chi connectivity index (χ3v) is 5.76. The summed E-state index contributed by atoms with van der Waals surface area (Å²) in [5.74, 6) is 0.120. The van der Waals surface area contributed by atoms with Crippen molar-refractivity contribution in [1.29, 1.82) is 0 Å². The number of hydrogen-bond acceptors (Lipinski definition) is 6. The van der Waals surface area contributed by atoms with Crippen LogP contribution in [0.4, 0.5) is 5.69 Å². The Morgan fingerprint density at radius 1 is 1.19 bits per heavy atom. The second-order valence-electron chi connectivity index (χ2n) is 5.89. The number of rotatable bonds is 7. The Kier molecular flexibility index (Phi) is 6.76. The maximum absolute atomic E-state index is 12.4. The van der Waals surface area contributed by atoms with Gasteiger partial charge in [0, 0.05) is 14.8 Å². The molecule has 3 aromatic rings. The van der Waals surface area contributed by atoms with E-state index in [1.165, 1.54) is 11.8 Å². The van der Waals surface area contributed by atoms with E-state index in [0.717, 1.165) is 15.5 Å². The van der Waals surface area contributed by atoms with Crippen molar-refractivity contribution < 1.29 is 4.79 Å². The molecule has 0 atom stereocenters. The molecule has 0 saturated heterocycles. The Labute approximate surface area is 171 Å². The minimum absolute atomic E-state index is 0.109. The van der Waals surface area contributed by atoms with E-state index in [1.54, 1.807) is 16.4 Å². The van der Waals surface area contributed by atoms with Crippen molar-refractivity contribution in [2.75, 3.05) is 11.1 Å². The fourth-order valence-electron chi connectivity index (χ4n) is 2.21. The zero-order valence-corrected chi connectivity index (χ0v) is 17.2. The monoisotopic (exact) mass is 419 g/mol. The smallest absolute Gasteiger partial charge is 0.234 e. The molecule has 1 aromatic heterocycles. The molecule has 2 aromatic carbocycles. The highest BCUT2D eigenvalue weighted by Gasteiger charge is 2.13. The van der Waals surface area contributed by atoms with Crippen molar-refractivity contribution in [3.63, 3.8) is 0 Å². The van der Waals surface area contributed by atoms with Gasteiger partial charge in [-0.25, -0.2) is 4.68 Å². The van der Waals surface area contributed by atoms with Crippen LogP contribution in [0.3, 0.4) is 0 Å². The summed E-state index contributed by atoms with van der Waals surface area (Å²) in [4.78, 5) is 14.4. The van der Waals surface area contributed by atoms with Crippen LogP contribution in [0.15, 0.2) is 63.5 Å². The van der Waals surface area contributed by atoms with Gasteiger partial charge in [-0.05, 0) is 60.7 Å². The van der Waals surface area contributed by atoms with Crippen LogP contribution in [0.1, 0.15) is 19.9 Å². The first kappa shape index (κ1) is 19.7. The first-order valence-corrected chi connectivity index (χ1v) is 10.4. The molecule has 9 heteroatoms. The van der Waals surface area contributed by atoms with Crippen LogP contribution in [0.5, 0.6) is 0 Å². The number of carbonyl (C=O) groups is 1. The fraction of sp³-hybridized carbons (Fsp3) is 0.222. The van der Waals surface area contributed by atoms with Gasteiger partial charge >= 0.3 is 0 Å². The van der Waals surface area contributed by atoms with E-state index in [4.69, 9.17) is 11.6 Å². The number of aromatic nitrogens is 4. The first-order valence-electron chi connectivity index (χ1n) is 8.26. The van der Waals surface area contributed by atoms with E-state index in [1.807, 2.05) is 62.4 Å². The number of nitrogens with one attached hydrogen (secondary N) is 1. The molecular formula is C18H18ClN5OS2. The summed E-state index contributed by atoms with van der Waals surface area (Å²) in [5, 5.41) is 15.9. The highest BCUT2D eigenvalue weighted by atomic mass is 35.5. The molecule has 6 nitrogen and oxygen atoms in total. The van der Waals surface area contributed by atoms with Gasteiger partial charge in [0.05, 0.1) is 17.5 Å². The van der Waals surface area contributed by atoms with E-state index in [2.05, 4.69) is 20.8 Å². The lowest BCUT2D eigenvalue weighted by atomic mass is 10.3. The van der Waals surface area contributed by atoms with E-state index < -0.39 is 0 Å². The van der Waals surface area contributed by atoms with Gasteiger partial charge in [-0.2, -0.15) is 0 Å². The normalized spacial score (nSPS) is 11.0. The second-order valence-corrected chi connectivity index (χ2v) is 8.38. The van der Waals surface area contributed by atoms with Crippen molar-refractivity contribution in [2.45, 2.75) is 34.8 Å². The van der Waals surface area contributed by atoms with Crippen molar-refractivity contribution in [1.82, 2.24) is 20.2 Å². The van der Waals surface area contributed by atoms with Crippen LogP contribution in [-0.2, 0) is 4.79 Å². The summed E-state index contributed by atoms with van der Waals surface area (Å²) in [6, 6.07) is 15.4. The summed E-state index contributed by atoms with van der Waals surface area (Å²) >= 11 is 8.82. The molecule has 0 aliphatic heterocycles. The summed E-state index contributed by atoms with van der Waals surface area (Å²) in [7, 11) is 0. The minimum Gasteiger partial charge on any atom is -0.324 e. The van der Waals surface area contributed by atoms with Crippen LogP contribution in [0, 0.1) is 0 Å². The minimum atomic E-state index is -0.109. The van der Waals surface area contributed by atoms with Crippen molar-refractivity contribution in [3.8, 4) is 0 Å². The first-order chi connectivity index (χ1) is 13.0. The Balaban J connectivity index is 1.64. The third-order valence-electron chi connectivity index (χ3n) is 3.49. The topological polar surface area (TPSA) is 72.7 Å². The summed E-state index contributed by atoms with van der Waals surface area (Å²) < 4.78 is 1.70. The van der Waals surface area contributed by atoms with Crippen LogP contribution >= 0.6 is 35.1 Å². The molecule has 1 amide bonds. The zero-order valence-electron chi connectivity index (χ0n) is 14.8. The van der Waals surface area contributed by atoms with Gasteiger partial charge < -0.3 is 5.32 Å². The number of nitrogens with zero attached hydrogens (tertiary/aromatic N) is 4. The Morgan fingerprint density at radius 2 is 1.93 bits per heavy atom. The van der Waals surface area contributed by atoms with Gasteiger partial charge in [0.15, 0.2) is 0 Å². The number of carbonyl (C=O) groups excluding carboxylic acids is 1. The largest absolute Gasteiger partial charge is 0.324 e. The summed E-state index contributed by atoms with van der Waals surface area (Å²) in [6.07, 6.45) is 0. The molecule has 0 radical (unpaired) electrons. The molecule has 3 rings (SSSR count). The molecule has 1 N–H and O–H groups in total. The molecule has 0 fully saturated rings. The predicted molar refractivity (Wildman–Crippen MR) is 110 cm³/mol. The number of hydrogen-bond donors (Lipinski definition) is 1. The number of tetrazole rings is 1. The Morgan fingerprint density at radius 3 is 2.67 bits per heavy atom. The lowest BCUT2D eigenvalue weighted by molar-refractivity contribution is -0.113. The van der Waals surface area contributed by atoms with E-state index >= 15 is 0 Å². The SMILES string of the molecule is CC(C)n1nnnc1SCC(=O)Nc1ccccc1Sc1ccc(Cl)cc1. The summed E-state index contributed by atoms with van der Waals surface area (Å²) in [6.45, 7) is 3.98. The number of amides is 1. The van der Waals surface area contributed by atoms with Gasteiger partial charge in [-0.3, -0.25) is 4.79 Å². The Hall–Kier alpha value is -2.03. The number of anilines is 1. The standard InChI is InChI=1S/C18H18ClN5OS2/c1-12(2)24-18(21-22-23-24)26-11-17(25)20-15-5-3-4-6-16(15)27-14-9-7-13(19)8-10-14/h3-10,12H,11H2,1-2H3,(H,20,25). The van der Waals surface area contributed by atoms with Gasteiger partial charge in [-0.1, -0.05) is 47.3 Å². The predicted octanol–water partition coefficient (Wildman–Crippen LogP) is 4.79. The number of benzene rings is 2. The maximum Gasteiger partial charge on any atom is 0.234 e. The average Bonchev–Trinajstić information content (AvgIpc) is 3.12. The van der Waals surface area contributed by atoms with E-state index in [9.17, 15) is 4.79 Å². The molecule has 140 valence electrons. The quantitative estimate of drug-likeness (QED) is 0.555. The van der Waals surface area contributed by atoms with Crippen molar-refractivity contribution in [2.24, 2.45) is 0 Å². The van der Waals surface area contributed by atoms with Crippen LogP contribution < -0.4 is 5.32 Å². The molecule has 0 unspecified atom stereocenters. The fourth-order valence-corrected chi connectivity index (χ4v) is 4.04. The number of halogens is 1. The summed E-state index contributed by atoms with van der Waals surface area (Å²) in [5.41, 5.74) is 0.770. The van der Waals surface area contributed by atoms with Crippen LogP contribution in [0.25, 0.3) is 0 Å². The molecule has 0 saturated carbocycles. The van der Waals surface area contributed by atoms with Gasteiger partial charge in [0.2, 0.25) is 11.1 Å². The number of thioether (sulfide) groups is 1. The highest BCUT2D eigenvalue weighted by molar-refractivity contribution is 8.00. The lowest BCUT2D eigenvalue weighted by Gasteiger charge is -2.11. The average molecular weight is 420 g/mol. The molecule has 27 heavy (non-hydrogen) atoms. The lowest BCUT2D eigenvalue weighted by Crippen LogP contribution is -2.15. The molecule has 0 spiro atoms. The molecule has 0 bridgehead atoms. The van der Waals surface area contributed by atoms with Crippen LogP contribution in [-0.4, -0.2) is 31.9 Å². The zero-order chi connectivity index (χ0) is 19.2. The molecule has 0 aliphatic rings. The van der Waals surface area contributed by atoms with Crippen molar-refractivity contribution >= 4 is 46.7 Å². The molecule has 1 heterocycles. The second kappa shape index (κ2) is 9.25. The van der Waals surface area contributed by atoms with Crippen molar-refractivity contribution in [3.05, 3.63) is 53.6 Å².